The molecule has 2 N–H and O–H groups in total. The van der Waals surface area contributed by atoms with E-state index in [1.54, 1.807) is 17.0 Å². The van der Waals surface area contributed by atoms with E-state index in [1.165, 1.54) is 0 Å². The average molecular weight is 417 g/mol. The lowest BCUT2D eigenvalue weighted by Crippen LogP contribution is -2.33. The van der Waals surface area contributed by atoms with Crippen molar-refractivity contribution in [3.8, 4) is 5.75 Å². The smallest absolute Gasteiger partial charge is 0.227 e. The molecule has 3 rings (SSSR count). The third-order valence-electron chi connectivity index (χ3n) is 4.49. The van der Waals surface area contributed by atoms with Crippen LogP contribution in [0.1, 0.15) is 18.4 Å². The van der Waals surface area contributed by atoms with Crippen molar-refractivity contribution in [2.45, 2.75) is 19.3 Å². The van der Waals surface area contributed by atoms with E-state index in [9.17, 15) is 14.7 Å². The van der Waals surface area contributed by atoms with Crippen molar-refractivity contribution in [3.63, 3.8) is 0 Å². The fraction of sp³-hybridized carbons (Fsp3) is 0.300. The SMILES string of the molecule is O=C(NCCCc1ccc(O)cc1)C1CC(=O)N(c2cccc(Br)c2)C1. The first-order valence-electron chi connectivity index (χ1n) is 8.64. The monoisotopic (exact) mass is 416 g/mol. The molecule has 1 atom stereocenters. The van der Waals surface area contributed by atoms with Crippen molar-refractivity contribution in [1.29, 1.82) is 0 Å². The molecule has 0 aliphatic carbocycles. The van der Waals surface area contributed by atoms with E-state index in [0.29, 0.717) is 13.1 Å². The summed E-state index contributed by atoms with van der Waals surface area (Å²) in [6.45, 7) is 0.986. The molecule has 0 saturated carbocycles. The minimum Gasteiger partial charge on any atom is -0.508 e. The van der Waals surface area contributed by atoms with Gasteiger partial charge < -0.3 is 15.3 Å². The molecule has 136 valence electrons. The molecular weight excluding hydrogens is 396 g/mol. The third kappa shape index (κ3) is 4.64. The van der Waals surface area contributed by atoms with Crippen LogP contribution in [0.15, 0.2) is 53.0 Å². The summed E-state index contributed by atoms with van der Waals surface area (Å²) in [6.07, 6.45) is 1.89. The summed E-state index contributed by atoms with van der Waals surface area (Å²) in [5, 5.41) is 12.2. The highest BCUT2D eigenvalue weighted by Gasteiger charge is 2.34. The molecule has 0 radical (unpaired) electrons. The van der Waals surface area contributed by atoms with Gasteiger partial charge in [0.05, 0.1) is 5.92 Å². The second kappa shape index (κ2) is 8.36. The number of carbonyl (C=O) groups excluding carboxylic acids is 2. The molecule has 1 aliphatic heterocycles. The number of nitrogens with one attached hydrogen (secondary N) is 1. The van der Waals surface area contributed by atoms with Gasteiger partial charge in [0.2, 0.25) is 11.8 Å². The summed E-state index contributed by atoms with van der Waals surface area (Å²) >= 11 is 3.41. The first-order chi connectivity index (χ1) is 12.5. The Morgan fingerprint density at radius 3 is 2.73 bits per heavy atom. The maximum absolute atomic E-state index is 12.4. The molecule has 5 nitrogen and oxygen atoms in total. The van der Waals surface area contributed by atoms with E-state index in [0.717, 1.165) is 28.6 Å². The maximum Gasteiger partial charge on any atom is 0.227 e. The molecule has 6 heteroatoms. The Morgan fingerprint density at radius 2 is 2.00 bits per heavy atom. The van der Waals surface area contributed by atoms with Crippen LogP contribution in [0.25, 0.3) is 0 Å². The van der Waals surface area contributed by atoms with Gasteiger partial charge in [-0.05, 0) is 48.7 Å². The zero-order valence-electron chi connectivity index (χ0n) is 14.3. The molecule has 1 fully saturated rings. The van der Waals surface area contributed by atoms with Crippen LogP contribution in [0.2, 0.25) is 0 Å². The Bertz CT molecular complexity index is 792. The standard InChI is InChI=1S/C20H21BrN2O3/c21-16-4-1-5-17(12-16)23-13-15(11-19(23)25)20(26)22-10-2-3-14-6-8-18(24)9-7-14/h1,4-9,12,15,24H,2-3,10-11,13H2,(H,22,26). The van der Waals surface area contributed by atoms with Crippen LogP contribution in [0.4, 0.5) is 5.69 Å². The predicted octanol–water partition coefficient (Wildman–Crippen LogP) is 3.26. The number of rotatable bonds is 6. The largest absolute Gasteiger partial charge is 0.508 e. The number of phenolic OH excluding ortho intramolecular Hbond substituents is 1. The Kier molecular flexibility index (Phi) is 5.93. The maximum atomic E-state index is 12.4. The molecular formula is C20H21BrN2O3. The van der Waals surface area contributed by atoms with E-state index in [-0.39, 0.29) is 29.9 Å². The van der Waals surface area contributed by atoms with Crippen LogP contribution in [-0.4, -0.2) is 30.0 Å². The van der Waals surface area contributed by atoms with Gasteiger partial charge in [0.1, 0.15) is 5.75 Å². The fourth-order valence-electron chi connectivity index (χ4n) is 3.09. The summed E-state index contributed by atoms with van der Waals surface area (Å²) < 4.78 is 0.907. The number of aromatic hydroxyl groups is 1. The number of amides is 2. The van der Waals surface area contributed by atoms with E-state index < -0.39 is 0 Å². The van der Waals surface area contributed by atoms with Gasteiger partial charge in [0.15, 0.2) is 0 Å². The lowest BCUT2D eigenvalue weighted by atomic mass is 10.1. The zero-order chi connectivity index (χ0) is 18.5. The van der Waals surface area contributed by atoms with Crippen LogP contribution < -0.4 is 10.2 Å². The Morgan fingerprint density at radius 1 is 1.23 bits per heavy atom. The zero-order valence-corrected chi connectivity index (χ0v) is 15.9. The first-order valence-corrected chi connectivity index (χ1v) is 9.44. The van der Waals surface area contributed by atoms with Crippen molar-refractivity contribution in [2.24, 2.45) is 5.92 Å². The summed E-state index contributed by atoms with van der Waals surface area (Å²) in [7, 11) is 0. The fourth-order valence-corrected chi connectivity index (χ4v) is 3.47. The second-order valence-corrected chi connectivity index (χ2v) is 7.36. The molecule has 0 bridgehead atoms. The highest BCUT2D eigenvalue weighted by molar-refractivity contribution is 9.10. The number of halogens is 1. The second-order valence-electron chi connectivity index (χ2n) is 6.45. The minimum absolute atomic E-state index is 0.0210. The lowest BCUT2D eigenvalue weighted by molar-refractivity contribution is -0.126. The topological polar surface area (TPSA) is 69.6 Å². The summed E-state index contributed by atoms with van der Waals surface area (Å²) in [5.41, 5.74) is 1.93. The number of carbonyl (C=O) groups is 2. The Labute approximate surface area is 161 Å². The third-order valence-corrected chi connectivity index (χ3v) is 4.99. The molecule has 2 aromatic carbocycles. The molecule has 1 unspecified atom stereocenters. The van der Waals surface area contributed by atoms with Crippen molar-refractivity contribution < 1.29 is 14.7 Å². The van der Waals surface area contributed by atoms with Crippen LogP contribution in [0, 0.1) is 5.92 Å². The average Bonchev–Trinajstić information content (AvgIpc) is 3.02. The minimum atomic E-state index is -0.310. The normalized spacial score (nSPS) is 16.7. The van der Waals surface area contributed by atoms with Gasteiger partial charge in [-0.2, -0.15) is 0 Å². The van der Waals surface area contributed by atoms with E-state index in [2.05, 4.69) is 21.2 Å². The van der Waals surface area contributed by atoms with Gasteiger partial charge in [-0.1, -0.05) is 34.1 Å². The van der Waals surface area contributed by atoms with Gasteiger partial charge >= 0.3 is 0 Å². The summed E-state index contributed by atoms with van der Waals surface area (Å²) in [5.74, 6) is -0.146. The van der Waals surface area contributed by atoms with Gasteiger partial charge in [0, 0.05) is 29.7 Å². The number of aryl methyl sites for hydroxylation is 1. The van der Waals surface area contributed by atoms with Crippen molar-refractivity contribution in [2.75, 3.05) is 18.0 Å². The van der Waals surface area contributed by atoms with Crippen molar-refractivity contribution >= 4 is 33.4 Å². The number of anilines is 1. The number of nitrogens with zero attached hydrogens (tertiary/aromatic N) is 1. The van der Waals surface area contributed by atoms with Crippen LogP contribution in [-0.2, 0) is 16.0 Å². The molecule has 2 aromatic rings. The molecule has 1 heterocycles. The quantitative estimate of drug-likeness (QED) is 0.709. The Hall–Kier alpha value is -2.34. The first kappa shape index (κ1) is 18.5. The number of hydrogen-bond acceptors (Lipinski definition) is 3. The van der Waals surface area contributed by atoms with E-state index >= 15 is 0 Å². The van der Waals surface area contributed by atoms with Gasteiger partial charge in [-0.25, -0.2) is 0 Å². The van der Waals surface area contributed by atoms with Gasteiger partial charge in [-0.3, -0.25) is 9.59 Å². The summed E-state index contributed by atoms with van der Waals surface area (Å²) in [6, 6.07) is 14.6. The van der Waals surface area contributed by atoms with Gasteiger partial charge in [0.25, 0.3) is 0 Å². The molecule has 2 amide bonds. The predicted molar refractivity (Wildman–Crippen MR) is 104 cm³/mol. The molecule has 26 heavy (non-hydrogen) atoms. The molecule has 1 saturated heterocycles. The van der Waals surface area contributed by atoms with E-state index in [4.69, 9.17) is 0 Å². The highest BCUT2D eigenvalue weighted by Crippen LogP contribution is 2.27. The van der Waals surface area contributed by atoms with Crippen molar-refractivity contribution in [3.05, 3.63) is 58.6 Å². The number of benzene rings is 2. The van der Waals surface area contributed by atoms with E-state index in [1.807, 2.05) is 36.4 Å². The Balaban J connectivity index is 1.46. The van der Waals surface area contributed by atoms with Crippen molar-refractivity contribution in [1.82, 2.24) is 5.32 Å². The molecule has 1 aliphatic rings. The number of hydrogen-bond donors (Lipinski definition) is 2. The van der Waals surface area contributed by atoms with Crippen LogP contribution in [0.3, 0.4) is 0 Å². The van der Waals surface area contributed by atoms with Crippen LogP contribution in [0.5, 0.6) is 5.75 Å². The molecule has 0 aromatic heterocycles. The van der Waals surface area contributed by atoms with Crippen LogP contribution >= 0.6 is 15.9 Å². The summed E-state index contributed by atoms with van der Waals surface area (Å²) in [4.78, 5) is 26.3. The number of phenols is 1. The molecule has 0 spiro atoms. The highest BCUT2D eigenvalue weighted by atomic mass is 79.9. The lowest BCUT2D eigenvalue weighted by Gasteiger charge is -2.17. The van der Waals surface area contributed by atoms with Gasteiger partial charge in [-0.15, -0.1) is 0 Å².